The molecule has 6 heteroatoms. The Morgan fingerprint density at radius 3 is 1.42 bits per heavy atom. The molecule has 2 atom stereocenters. The van der Waals surface area contributed by atoms with E-state index < -0.39 is 23.8 Å². The first-order valence-electron chi connectivity index (χ1n) is 3.25. The second-order valence-electron chi connectivity index (χ2n) is 2.40. The van der Waals surface area contributed by atoms with E-state index in [-0.39, 0.29) is 0 Å². The molecule has 0 heterocycles. The molecule has 2 N–H and O–H groups in total. The summed E-state index contributed by atoms with van der Waals surface area (Å²) < 4.78 is 0. The Kier molecular flexibility index (Phi) is 4.24. The van der Waals surface area contributed by atoms with Crippen molar-refractivity contribution < 1.29 is 29.9 Å². The number of hydrogen-bond acceptors (Lipinski definition) is 6. The molecule has 0 saturated carbocycles. The zero-order chi connectivity index (χ0) is 9.72. The highest BCUT2D eigenvalue weighted by Crippen LogP contribution is 2.13. The largest absolute Gasteiger partial charge is 0.345 e. The minimum atomic E-state index is -0.951. The van der Waals surface area contributed by atoms with E-state index >= 15 is 0 Å². The lowest BCUT2D eigenvalue weighted by atomic mass is 9.97. The highest BCUT2D eigenvalue weighted by molar-refractivity contribution is 5.80. The van der Waals surface area contributed by atoms with Crippen LogP contribution in [-0.4, -0.2) is 22.5 Å². The van der Waals surface area contributed by atoms with Crippen molar-refractivity contribution in [1.29, 1.82) is 0 Å². The van der Waals surface area contributed by atoms with E-state index in [9.17, 15) is 9.59 Å². The van der Waals surface area contributed by atoms with Crippen molar-refractivity contribution in [3.63, 3.8) is 0 Å². The van der Waals surface area contributed by atoms with Gasteiger partial charge in [0.1, 0.15) is 0 Å². The average Bonchev–Trinajstić information content (AvgIpc) is 2.12. The summed E-state index contributed by atoms with van der Waals surface area (Å²) in [6, 6.07) is 0. The van der Waals surface area contributed by atoms with Gasteiger partial charge in [-0.3, -0.25) is 0 Å². The van der Waals surface area contributed by atoms with Gasteiger partial charge in [-0.2, -0.15) is 10.5 Å². The number of rotatable bonds is 3. The van der Waals surface area contributed by atoms with Crippen molar-refractivity contribution in [1.82, 2.24) is 0 Å². The van der Waals surface area contributed by atoms with Crippen LogP contribution in [0.15, 0.2) is 0 Å². The third-order valence-corrected chi connectivity index (χ3v) is 1.67. The molecule has 0 radical (unpaired) electrons. The molecule has 12 heavy (non-hydrogen) atoms. The van der Waals surface area contributed by atoms with E-state index in [4.69, 9.17) is 10.5 Å². The first-order chi connectivity index (χ1) is 5.54. The van der Waals surface area contributed by atoms with Gasteiger partial charge in [0.2, 0.25) is 0 Å². The fourth-order valence-electron chi connectivity index (χ4n) is 0.575. The number of carbonyl (C=O) groups excluding carboxylic acids is 2. The van der Waals surface area contributed by atoms with E-state index in [1.807, 2.05) is 0 Å². The molecule has 0 saturated heterocycles. The molecule has 0 rings (SSSR count). The van der Waals surface area contributed by atoms with Crippen LogP contribution in [0.2, 0.25) is 0 Å². The Bertz CT molecular complexity index is 157. The lowest BCUT2D eigenvalue weighted by Gasteiger charge is -2.12. The minimum Gasteiger partial charge on any atom is -0.301 e. The summed E-state index contributed by atoms with van der Waals surface area (Å²) in [6.07, 6.45) is 0. The first kappa shape index (κ1) is 10.9. The highest BCUT2D eigenvalue weighted by Gasteiger charge is 2.29. The number of hydrogen-bond donors (Lipinski definition) is 2. The second-order valence-corrected chi connectivity index (χ2v) is 2.40. The first-order valence-corrected chi connectivity index (χ1v) is 3.25. The van der Waals surface area contributed by atoms with Crippen molar-refractivity contribution in [2.75, 3.05) is 0 Å². The van der Waals surface area contributed by atoms with Crippen LogP contribution in [-0.2, 0) is 19.4 Å². The normalized spacial score (nSPS) is 14.7. The lowest BCUT2D eigenvalue weighted by molar-refractivity contribution is -0.249. The molecule has 0 aromatic heterocycles. The van der Waals surface area contributed by atoms with Crippen molar-refractivity contribution in [2.24, 2.45) is 11.8 Å². The van der Waals surface area contributed by atoms with Gasteiger partial charge in [-0.15, -0.1) is 0 Å². The van der Waals surface area contributed by atoms with Crippen LogP contribution in [0.25, 0.3) is 0 Å². The second kappa shape index (κ2) is 4.68. The zero-order valence-corrected chi connectivity index (χ0v) is 6.68. The Labute approximate surface area is 68.6 Å². The van der Waals surface area contributed by atoms with E-state index in [1.165, 1.54) is 13.8 Å². The summed E-state index contributed by atoms with van der Waals surface area (Å²) in [5.41, 5.74) is 0. The molecule has 0 aliphatic carbocycles. The maximum absolute atomic E-state index is 10.6. The SMILES string of the molecule is CC(C(=O)OO)C(C)C(=O)OO. The van der Waals surface area contributed by atoms with Gasteiger partial charge in [-0.1, -0.05) is 13.8 Å². The summed E-state index contributed by atoms with van der Waals surface area (Å²) in [5.74, 6) is -3.63. The maximum atomic E-state index is 10.6. The summed E-state index contributed by atoms with van der Waals surface area (Å²) in [5, 5.41) is 15.9. The topological polar surface area (TPSA) is 93.1 Å². The van der Waals surface area contributed by atoms with E-state index in [0.717, 1.165) is 0 Å². The van der Waals surface area contributed by atoms with Gasteiger partial charge in [-0.05, 0) is 0 Å². The maximum Gasteiger partial charge on any atom is 0.345 e. The van der Waals surface area contributed by atoms with Crippen LogP contribution in [0.4, 0.5) is 0 Å². The van der Waals surface area contributed by atoms with Gasteiger partial charge in [0.15, 0.2) is 0 Å². The number of carbonyl (C=O) groups is 2. The summed E-state index contributed by atoms with van der Waals surface area (Å²) in [6.45, 7) is 2.72. The van der Waals surface area contributed by atoms with Crippen molar-refractivity contribution in [3.05, 3.63) is 0 Å². The van der Waals surface area contributed by atoms with E-state index in [0.29, 0.717) is 0 Å². The van der Waals surface area contributed by atoms with Gasteiger partial charge in [0, 0.05) is 0 Å². The van der Waals surface area contributed by atoms with Crippen molar-refractivity contribution in [2.45, 2.75) is 13.8 Å². The van der Waals surface area contributed by atoms with Gasteiger partial charge in [0.25, 0.3) is 0 Å². The third kappa shape index (κ3) is 2.48. The van der Waals surface area contributed by atoms with Crippen LogP contribution >= 0.6 is 0 Å². The standard InChI is InChI=1S/C6H10O6/c1-3(5(7)11-9)4(2)6(8)12-10/h3-4,9-10H,1-2H3. The molecule has 0 bridgehead atoms. The smallest absolute Gasteiger partial charge is 0.301 e. The molecule has 0 fully saturated rings. The average molecular weight is 178 g/mol. The fourth-order valence-corrected chi connectivity index (χ4v) is 0.575. The third-order valence-electron chi connectivity index (χ3n) is 1.67. The molecule has 2 unspecified atom stereocenters. The van der Waals surface area contributed by atoms with Crippen LogP contribution in [0, 0.1) is 11.8 Å². The molecule has 0 aromatic carbocycles. The van der Waals surface area contributed by atoms with E-state index in [1.54, 1.807) is 0 Å². The summed E-state index contributed by atoms with van der Waals surface area (Å²) in [4.78, 5) is 28.0. The van der Waals surface area contributed by atoms with E-state index in [2.05, 4.69) is 9.78 Å². The van der Waals surface area contributed by atoms with Gasteiger partial charge in [-0.25, -0.2) is 9.59 Å². The van der Waals surface area contributed by atoms with Crippen LogP contribution in [0.3, 0.4) is 0 Å². The quantitative estimate of drug-likeness (QED) is 0.476. The molecule has 0 aliphatic rings. The van der Waals surface area contributed by atoms with Gasteiger partial charge in [0.05, 0.1) is 11.8 Å². The molecule has 0 aliphatic heterocycles. The lowest BCUT2D eigenvalue weighted by Crippen LogP contribution is -2.27. The monoisotopic (exact) mass is 178 g/mol. The Balaban J connectivity index is 4.18. The minimum absolute atomic E-state index is 0.866. The van der Waals surface area contributed by atoms with Crippen LogP contribution in [0.1, 0.15) is 13.8 Å². The molecule has 0 amide bonds. The predicted molar refractivity (Wildman–Crippen MR) is 35.8 cm³/mol. The van der Waals surface area contributed by atoms with Gasteiger partial charge >= 0.3 is 11.9 Å². The van der Waals surface area contributed by atoms with Crippen molar-refractivity contribution in [3.8, 4) is 0 Å². The predicted octanol–water partition coefficient (Wildman–Crippen LogP) is 0.291. The summed E-state index contributed by atoms with van der Waals surface area (Å²) >= 11 is 0. The summed E-state index contributed by atoms with van der Waals surface area (Å²) in [7, 11) is 0. The zero-order valence-electron chi connectivity index (χ0n) is 6.68. The fraction of sp³-hybridized carbons (Fsp3) is 0.667. The Morgan fingerprint density at radius 2 is 1.25 bits per heavy atom. The van der Waals surface area contributed by atoms with Crippen LogP contribution < -0.4 is 0 Å². The molecule has 70 valence electrons. The Morgan fingerprint density at radius 1 is 1.00 bits per heavy atom. The van der Waals surface area contributed by atoms with Crippen LogP contribution in [0.5, 0.6) is 0 Å². The molecule has 0 spiro atoms. The van der Waals surface area contributed by atoms with Gasteiger partial charge < -0.3 is 9.78 Å². The molecule has 6 nitrogen and oxygen atoms in total. The molecular weight excluding hydrogens is 168 g/mol. The molecule has 0 aromatic rings. The Hall–Kier alpha value is -1.14. The van der Waals surface area contributed by atoms with Crippen molar-refractivity contribution >= 4 is 11.9 Å². The highest BCUT2D eigenvalue weighted by atomic mass is 17.1. The molecular formula is C6H10O6.